The smallest absolute Gasteiger partial charge is 0.355 e. The summed E-state index contributed by atoms with van der Waals surface area (Å²) in [4.78, 5) is 60.0. The van der Waals surface area contributed by atoms with E-state index >= 15 is 4.79 Å². The Labute approximate surface area is 567 Å². The number of nitrogens with zero attached hydrogens (tertiary/aromatic N) is 4. The number of likely N-dealkylation sites (N-methyl/N-ethyl adjacent to an activating group) is 1. The summed E-state index contributed by atoms with van der Waals surface area (Å²) in [5.41, 5.74) is 5.33. The lowest BCUT2D eigenvalue weighted by atomic mass is 9.77. The number of fused-ring (bicyclic) bond motifs is 1. The Kier molecular flexibility index (Phi) is 22.3. The number of hydrogen-bond acceptors (Lipinski definition) is 17. The number of nitrogens with one attached hydrogen (secondary N) is 2. The van der Waals surface area contributed by atoms with Crippen molar-refractivity contribution in [2.45, 2.75) is 43.4 Å². The van der Waals surface area contributed by atoms with Gasteiger partial charge in [0.15, 0.2) is 22.3 Å². The highest BCUT2D eigenvalue weighted by atomic mass is 127. The average molecular weight is 1430 g/mol. The molecule has 1 aromatic heterocycles. The third-order valence-electron chi connectivity index (χ3n) is 15.1. The van der Waals surface area contributed by atoms with E-state index < -0.39 is 34.7 Å². The predicted molar refractivity (Wildman–Crippen MR) is 370 cm³/mol. The molecule has 2 atom stereocenters. The first-order valence-electron chi connectivity index (χ1n) is 28.5. The Morgan fingerprint density at radius 2 is 1.26 bits per heavy atom. The van der Waals surface area contributed by atoms with Gasteiger partial charge in [0, 0.05) is 47.1 Å². The van der Waals surface area contributed by atoms with Crippen LogP contribution >= 0.6 is 82.0 Å². The van der Waals surface area contributed by atoms with Gasteiger partial charge >= 0.3 is 5.97 Å². The number of anilines is 1. The van der Waals surface area contributed by atoms with E-state index in [1.54, 1.807) is 56.7 Å². The van der Waals surface area contributed by atoms with Crippen LogP contribution in [0.1, 0.15) is 44.6 Å². The van der Waals surface area contributed by atoms with Crippen molar-refractivity contribution in [2.24, 2.45) is 5.16 Å². The van der Waals surface area contributed by atoms with Crippen molar-refractivity contribution in [1.29, 1.82) is 0 Å². The number of halogens is 3. The molecule has 0 spiro atoms. The summed E-state index contributed by atoms with van der Waals surface area (Å²) < 4.78 is 34.7. The molecule has 0 saturated carbocycles. The topological polar surface area (TPSA) is 172 Å². The van der Waals surface area contributed by atoms with Crippen LogP contribution in [0.2, 0.25) is 10.0 Å². The number of esters is 1. The van der Waals surface area contributed by atoms with Crippen LogP contribution < -0.4 is 34.3 Å². The molecule has 0 aliphatic carbocycles. The Morgan fingerprint density at radius 1 is 0.725 bits per heavy atom. The maximum Gasteiger partial charge on any atom is 0.355 e. The van der Waals surface area contributed by atoms with Crippen LogP contribution in [0.5, 0.6) is 28.7 Å². The molecule has 1 saturated heterocycles. The van der Waals surface area contributed by atoms with Gasteiger partial charge in [0.25, 0.3) is 11.8 Å². The van der Waals surface area contributed by atoms with Gasteiger partial charge in [-0.3, -0.25) is 14.5 Å². The minimum atomic E-state index is -1.09. The highest BCUT2D eigenvalue weighted by Crippen LogP contribution is 2.46. The van der Waals surface area contributed by atoms with E-state index in [0.29, 0.717) is 39.4 Å². The van der Waals surface area contributed by atoms with Gasteiger partial charge in [0.2, 0.25) is 0 Å². The standard InChI is InChI=1S/C69H62Cl2N6O10S3.HI/c1-76-34-32-55(33-35-76)88-41-48-42-89-66-60(65(79)77(66)61(48)67(80)86-39-46-24-30-54(83-4)31-25-46)73-64(78)59(57-43-90-68(72-57)74-69(49-14-8-5-9-15-49,50-16-10-6-11-17-50)51-18-12-7-13-19-51)75-87-40-47-36-56(70)62(84-37-44-20-26-52(81-2)27-21-44)63(58(47)71)85-38-45-22-28-53(82-3)29-23-45;/h5-34,36,43,60,66H,35,37-42H2,1-4H3,(H,72,74)(H,73,78);1H/b75-59-;/t60?,66-;/m0./s1. The van der Waals surface area contributed by atoms with E-state index in [1.807, 2.05) is 135 Å². The summed E-state index contributed by atoms with van der Waals surface area (Å²) >= 11 is 18.6. The molecule has 11 rings (SSSR count). The van der Waals surface area contributed by atoms with E-state index in [4.69, 9.17) is 61.4 Å². The molecule has 4 heterocycles. The number of rotatable bonds is 26. The number of thioether (sulfide) groups is 2. The predicted octanol–water partition coefficient (Wildman–Crippen LogP) is 14.1. The fourth-order valence-corrected chi connectivity index (χ4v) is 14.0. The number of oxime groups is 1. The zero-order valence-corrected chi connectivity index (χ0v) is 56.1. The second-order valence-electron chi connectivity index (χ2n) is 20.9. The molecule has 468 valence electrons. The SMILES string of the molecule is COc1ccc(COC(=O)C2=C(CSC3=CCN(C)C=C3)CS[C@H]3C(NC(=O)/C(=N\OCc4cc(Cl)c(OCc5ccc(OC)cc5)c(OCc5ccc(OC)cc5)c4Cl)c4csc(NC(c5ccccc5)(c5ccccc5)c5ccccc5)n4)C(=O)N23)cc1.I. The molecule has 0 radical (unpaired) electrons. The first-order valence-corrected chi connectivity index (χ1v) is 32.2. The van der Waals surface area contributed by atoms with Crippen molar-refractivity contribution in [3.05, 3.63) is 264 Å². The van der Waals surface area contributed by atoms with Crippen molar-refractivity contribution in [3.63, 3.8) is 0 Å². The number of carbonyl (C=O) groups excluding carboxylic acids is 3. The maximum absolute atomic E-state index is 15.2. The fourth-order valence-electron chi connectivity index (χ4n) is 10.3. The van der Waals surface area contributed by atoms with Crippen LogP contribution in [-0.4, -0.2) is 96.1 Å². The molecule has 22 heteroatoms. The third-order valence-corrected chi connectivity index (χ3v) is 19.0. The molecule has 2 N–H and O–H groups in total. The van der Waals surface area contributed by atoms with Crippen molar-refractivity contribution in [2.75, 3.05) is 51.7 Å². The molecular weight excluding hydrogens is 1370 g/mol. The molecule has 7 aromatic carbocycles. The van der Waals surface area contributed by atoms with Gasteiger partial charge in [-0.05, 0) is 87.5 Å². The van der Waals surface area contributed by atoms with Gasteiger partial charge in [-0.1, -0.05) is 162 Å². The monoisotopic (exact) mass is 1430 g/mol. The maximum atomic E-state index is 15.2. The van der Waals surface area contributed by atoms with Crippen LogP contribution in [-0.2, 0) is 55.9 Å². The highest BCUT2D eigenvalue weighted by Gasteiger charge is 2.55. The lowest BCUT2D eigenvalue weighted by Crippen LogP contribution is -2.71. The van der Waals surface area contributed by atoms with Crippen LogP contribution in [0, 0.1) is 0 Å². The average Bonchev–Trinajstić information content (AvgIpc) is 1.11. The first kappa shape index (κ1) is 65.8. The summed E-state index contributed by atoms with van der Waals surface area (Å²) in [6.45, 7) is 0.582. The number of allylic oxidation sites excluding steroid dienone is 1. The molecular formula is C69H63Cl2IN6O10S3. The first-order chi connectivity index (χ1) is 43.9. The number of aromatic nitrogens is 1. The minimum Gasteiger partial charge on any atom is -0.497 e. The highest BCUT2D eigenvalue weighted by molar-refractivity contribution is 14.0. The van der Waals surface area contributed by atoms with Crippen LogP contribution in [0.3, 0.4) is 0 Å². The molecule has 1 unspecified atom stereocenters. The van der Waals surface area contributed by atoms with Crippen molar-refractivity contribution < 1.29 is 47.6 Å². The number of thiazole rings is 1. The van der Waals surface area contributed by atoms with Gasteiger partial charge in [0.05, 0.1) is 31.4 Å². The minimum absolute atomic E-state index is 0. The Bertz CT molecular complexity index is 3880. The van der Waals surface area contributed by atoms with E-state index in [-0.39, 0.29) is 89.1 Å². The molecule has 16 nitrogen and oxygen atoms in total. The van der Waals surface area contributed by atoms with E-state index in [1.165, 1.54) is 28.0 Å². The number of ether oxygens (including phenoxy) is 6. The second-order valence-corrected chi connectivity index (χ2v) is 24.7. The number of methoxy groups -OCH3 is 3. The number of hydrogen-bond donors (Lipinski definition) is 2. The summed E-state index contributed by atoms with van der Waals surface area (Å²) in [5, 5.41) is 13.0. The van der Waals surface area contributed by atoms with Crippen molar-refractivity contribution >= 4 is 111 Å². The largest absolute Gasteiger partial charge is 0.497 e. The molecule has 0 bridgehead atoms. The Balaban J connectivity index is 0.00000909. The molecule has 1 fully saturated rings. The number of β-lactam (4-membered cyclic amide) rings is 1. The van der Waals surface area contributed by atoms with Crippen LogP contribution in [0.15, 0.2) is 215 Å². The van der Waals surface area contributed by atoms with Gasteiger partial charge in [0.1, 0.15) is 72.0 Å². The van der Waals surface area contributed by atoms with E-state index in [9.17, 15) is 9.59 Å². The van der Waals surface area contributed by atoms with Crippen molar-refractivity contribution in [1.82, 2.24) is 20.1 Å². The molecule has 3 aliphatic rings. The molecule has 3 aliphatic heterocycles. The Hall–Kier alpha value is -8.12. The number of carbonyl (C=O) groups is 3. The van der Waals surface area contributed by atoms with Gasteiger partial charge < -0.3 is 48.8 Å². The van der Waals surface area contributed by atoms with Crippen LogP contribution in [0.4, 0.5) is 5.13 Å². The number of benzene rings is 7. The van der Waals surface area contributed by atoms with Crippen molar-refractivity contribution in [3.8, 4) is 28.7 Å². The summed E-state index contributed by atoms with van der Waals surface area (Å²) in [5.74, 6) is 1.25. The van der Waals surface area contributed by atoms with Gasteiger partial charge in [-0.25, -0.2) is 9.78 Å². The van der Waals surface area contributed by atoms with E-state index in [0.717, 1.165) is 50.4 Å². The molecule has 2 amide bonds. The zero-order chi connectivity index (χ0) is 62.6. The zero-order valence-electron chi connectivity index (χ0n) is 49.8. The molecule has 91 heavy (non-hydrogen) atoms. The lowest BCUT2D eigenvalue weighted by molar-refractivity contribution is -0.153. The quantitative estimate of drug-likeness (QED) is 0.0131. The Morgan fingerprint density at radius 3 is 1.79 bits per heavy atom. The normalized spacial score (nSPS) is 15.3. The third kappa shape index (κ3) is 15.3. The fraction of sp³-hybridized carbons (Fsp3) is 0.203. The lowest BCUT2D eigenvalue weighted by Gasteiger charge is -2.49. The summed E-state index contributed by atoms with van der Waals surface area (Å²) in [7, 11) is 6.76. The number of amides is 2. The second kappa shape index (κ2) is 30.8. The molecule has 8 aromatic rings. The summed E-state index contributed by atoms with van der Waals surface area (Å²) in [6.07, 6.45) is 6.13. The summed E-state index contributed by atoms with van der Waals surface area (Å²) in [6, 6.07) is 52.6. The van der Waals surface area contributed by atoms with Gasteiger partial charge in [-0.15, -0.1) is 58.8 Å². The van der Waals surface area contributed by atoms with E-state index in [2.05, 4.69) is 63.2 Å². The van der Waals surface area contributed by atoms with Gasteiger partial charge in [-0.2, -0.15) is 0 Å². The van der Waals surface area contributed by atoms with Crippen LogP contribution in [0.25, 0.3) is 0 Å².